The van der Waals surface area contributed by atoms with Gasteiger partial charge in [0, 0.05) is 5.02 Å². The van der Waals surface area contributed by atoms with Crippen LogP contribution in [-0.2, 0) is 14.0 Å². The summed E-state index contributed by atoms with van der Waals surface area (Å²) in [6.07, 6.45) is 0. The minimum absolute atomic E-state index is 0.399. The highest BCUT2D eigenvalue weighted by molar-refractivity contribution is 6.64. The van der Waals surface area contributed by atoms with E-state index >= 15 is 0 Å². The van der Waals surface area contributed by atoms with Crippen LogP contribution in [0.4, 0.5) is 0 Å². The highest BCUT2D eigenvalue weighted by Gasteiger charge is 2.52. The van der Waals surface area contributed by atoms with Crippen LogP contribution in [0.25, 0.3) is 0 Å². The fourth-order valence-electron chi connectivity index (χ4n) is 1.99. The molecule has 0 spiro atoms. The van der Waals surface area contributed by atoms with Crippen molar-refractivity contribution in [3.63, 3.8) is 0 Å². The summed E-state index contributed by atoms with van der Waals surface area (Å²) in [6, 6.07) is 4.94. The third-order valence-electron chi connectivity index (χ3n) is 3.93. The molecule has 20 heavy (non-hydrogen) atoms. The zero-order valence-corrected chi connectivity index (χ0v) is 13.1. The van der Waals surface area contributed by atoms with Crippen molar-refractivity contribution in [1.82, 2.24) is 0 Å². The molecule has 0 amide bonds. The van der Waals surface area contributed by atoms with Gasteiger partial charge in [0.05, 0.1) is 23.9 Å². The summed E-state index contributed by atoms with van der Waals surface area (Å²) in [5.41, 5.74) is 0.0270. The monoisotopic (exact) mass is 296 g/mol. The van der Waals surface area contributed by atoms with Gasteiger partial charge in [-0.25, -0.2) is 4.79 Å². The Morgan fingerprint density at radius 2 is 1.75 bits per heavy atom. The fourth-order valence-corrected chi connectivity index (χ4v) is 2.18. The van der Waals surface area contributed by atoms with Crippen LogP contribution in [0.1, 0.15) is 38.1 Å². The largest absolute Gasteiger partial charge is 0.495 e. The number of carbonyl (C=O) groups excluding carboxylic acids is 1. The third kappa shape index (κ3) is 2.58. The SMILES string of the molecule is COC(=O)c1ccc(Cl)cc1B1OC(C)(C)C(C)(C)O1. The van der Waals surface area contributed by atoms with E-state index in [2.05, 4.69) is 0 Å². The summed E-state index contributed by atoms with van der Waals surface area (Å²) in [7, 11) is 0.693. The molecule has 0 N–H and O–H groups in total. The first-order valence-corrected chi connectivity index (χ1v) is 6.79. The molecule has 0 unspecified atom stereocenters. The Morgan fingerprint density at radius 3 is 2.25 bits per heavy atom. The lowest BCUT2D eigenvalue weighted by Gasteiger charge is -2.32. The van der Waals surface area contributed by atoms with E-state index in [-0.39, 0.29) is 0 Å². The first kappa shape index (κ1) is 15.4. The summed E-state index contributed by atoms with van der Waals surface area (Å²) in [6.45, 7) is 7.81. The average molecular weight is 297 g/mol. The Hall–Kier alpha value is -1.04. The van der Waals surface area contributed by atoms with Gasteiger partial charge in [-0.1, -0.05) is 11.6 Å². The Balaban J connectivity index is 2.44. The number of rotatable bonds is 2. The van der Waals surface area contributed by atoms with Gasteiger partial charge in [-0.2, -0.15) is 0 Å². The van der Waals surface area contributed by atoms with Crippen LogP contribution in [0.3, 0.4) is 0 Å². The Labute approximate surface area is 124 Å². The number of halogens is 1. The first-order valence-electron chi connectivity index (χ1n) is 6.41. The van der Waals surface area contributed by atoms with Gasteiger partial charge < -0.3 is 14.0 Å². The Morgan fingerprint density at radius 1 is 1.20 bits per heavy atom. The molecule has 1 aromatic carbocycles. The van der Waals surface area contributed by atoms with E-state index in [1.165, 1.54) is 7.11 Å². The summed E-state index contributed by atoms with van der Waals surface area (Å²) < 4.78 is 16.7. The van der Waals surface area contributed by atoms with Gasteiger partial charge in [0.2, 0.25) is 0 Å². The molecule has 0 saturated carbocycles. The molecule has 1 fully saturated rings. The molecular weight excluding hydrogens is 278 g/mol. The lowest BCUT2D eigenvalue weighted by molar-refractivity contribution is 0.00578. The molecule has 1 aliphatic heterocycles. The summed E-state index contributed by atoms with van der Waals surface area (Å²) in [5, 5.41) is 0.516. The second-order valence-electron chi connectivity index (χ2n) is 5.81. The van der Waals surface area contributed by atoms with Gasteiger partial charge in [-0.3, -0.25) is 0 Å². The minimum atomic E-state index is -0.646. The second-order valence-corrected chi connectivity index (χ2v) is 6.25. The van der Waals surface area contributed by atoms with Crippen LogP contribution >= 0.6 is 11.6 Å². The summed E-state index contributed by atoms with van der Waals surface area (Å²) >= 11 is 6.02. The van der Waals surface area contributed by atoms with E-state index in [1.54, 1.807) is 18.2 Å². The molecule has 0 aliphatic carbocycles. The van der Waals surface area contributed by atoms with Crippen molar-refractivity contribution in [3.05, 3.63) is 28.8 Å². The van der Waals surface area contributed by atoms with Crippen molar-refractivity contribution in [2.75, 3.05) is 7.11 Å². The van der Waals surface area contributed by atoms with E-state index < -0.39 is 24.3 Å². The van der Waals surface area contributed by atoms with Crippen LogP contribution in [0.15, 0.2) is 18.2 Å². The van der Waals surface area contributed by atoms with Crippen LogP contribution in [-0.4, -0.2) is 31.4 Å². The van der Waals surface area contributed by atoms with E-state index in [0.717, 1.165) is 0 Å². The topological polar surface area (TPSA) is 44.8 Å². The number of esters is 1. The van der Waals surface area contributed by atoms with E-state index in [0.29, 0.717) is 16.0 Å². The number of methoxy groups -OCH3 is 1. The molecule has 2 rings (SSSR count). The minimum Gasteiger partial charge on any atom is -0.465 e. The fraction of sp³-hybridized carbons (Fsp3) is 0.500. The summed E-state index contributed by atoms with van der Waals surface area (Å²) in [4.78, 5) is 11.8. The van der Waals surface area contributed by atoms with Crippen molar-refractivity contribution in [2.24, 2.45) is 0 Å². The van der Waals surface area contributed by atoms with E-state index in [1.807, 2.05) is 27.7 Å². The molecule has 4 nitrogen and oxygen atoms in total. The smallest absolute Gasteiger partial charge is 0.465 e. The molecule has 1 aromatic rings. The predicted molar refractivity (Wildman–Crippen MR) is 78.5 cm³/mol. The quantitative estimate of drug-likeness (QED) is 0.621. The molecule has 0 atom stereocenters. The number of carbonyl (C=O) groups is 1. The first-order chi connectivity index (χ1) is 9.18. The number of ether oxygens (including phenoxy) is 1. The van der Waals surface area contributed by atoms with Crippen molar-refractivity contribution < 1.29 is 18.8 Å². The van der Waals surface area contributed by atoms with Crippen molar-refractivity contribution >= 4 is 30.2 Å². The lowest BCUT2D eigenvalue weighted by Crippen LogP contribution is -2.41. The van der Waals surface area contributed by atoms with Crippen LogP contribution in [0.5, 0.6) is 0 Å². The molecule has 0 bridgehead atoms. The molecule has 1 saturated heterocycles. The van der Waals surface area contributed by atoms with Crippen molar-refractivity contribution in [2.45, 2.75) is 38.9 Å². The van der Waals surface area contributed by atoms with Gasteiger partial charge in [0.15, 0.2) is 0 Å². The maximum absolute atomic E-state index is 11.8. The lowest BCUT2D eigenvalue weighted by atomic mass is 9.76. The maximum Gasteiger partial charge on any atom is 0.495 e. The Kier molecular flexibility index (Phi) is 3.89. The van der Waals surface area contributed by atoms with Gasteiger partial charge in [-0.15, -0.1) is 0 Å². The normalized spacial score (nSPS) is 20.0. The molecule has 1 aliphatic rings. The second kappa shape index (κ2) is 5.06. The third-order valence-corrected chi connectivity index (χ3v) is 4.16. The maximum atomic E-state index is 11.8. The van der Waals surface area contributed by atoms with Crippen molar-refractivity contribution in [1.29, 1.82) is 0 Å². The van der Waals surface area contributed by atoms with Gasteiger partial charge in [0.1, 0.15) is 0 Å². The zero-order valence-electron chi connectivity index (χ0n) is 12.3. The van der Waals surface area contributed by atoms with Gasteiger partial charge in [0.25, 0.3) is 0 Å². The number of hydrogen-bond acceptors (Lipinski definition) is 4. The van der Waals surface area contributed by atoms with Gasteiger partial charge in [-0.05, 0) is 51.4 Å². The molecular formula is C14H18BClO4. The van der Waals surface area contributed by atoms with Crippen LogP contribution in [0, 0.1) is 0 Å². The van der Waals surface area contributed by atoms with Crippen LogP contribution < -0.4 is 5.46 Å². The average Bonchev–Trinajstić information content (AvgIpc) is 2.57. The molecule has 108 valence electrons. The molecule has 0 radical (unpaired) electrons. The predicted octanol–water partition coefficient (Wildman–Crippen LogP) is 2.43. The van der Waals surface area contributed by atoms with Crippen molar-refractivity contribution in [3.8, 4) is 0 Å². The highest BCUT2D eigenvalue weighted by atomic mass is 35.5. The summed E-state index contributed by atoms with van der Waals surface area (Å²) in [5.74, 6) is -0.439. The number of hydrogen-bond donors (Lipinski definition) is 0. The van der Waals surface area contributed by atoms with Gasteiger partial charge >= 0.3 is 13.1 Å². The Bertz CT molecular complexity index is 526. The molecule has 6 heteroatoms. The highest BCUT2D eigenvalue weighted by Crippen LogP contribution is 2.36. The standard InChI is InChI=1S/C14H18BClO4/c1-13(2)14(3,4)20-15(19-13)11-8-9(16)6-7-10(11)12(17)18-5/h6-8H,1-5H3. The molecule has 1 heterocycles. The van der Waals surface area contributed by atoms with E-state index in [9.17, 15) is 4.79 Å². The zero-order chi connectivity index (χ0) is 15.1. The van der Waals surface area contributed by atoms with Crippen LogP contribution in [0.2, 0.25) is 5.02 Å². The van der Waals surface area contributed by atoms with E-state index in [4.69, 9.17) is 25.6 Å². The number of benzene rings is 1. The molecule has 0 aromatic heterocycles.